The zero-order chi connectivity index (χ0) is 20.6. The molecule has 28 heavy (non-hydrogen) atoms. The molecule has 0 aliphatic heterocycles. The largest absolute Gasteiger partial charge is 0.410 e. The van der Waals surface area contributed by atoms with Gasteiger partial charge in [0.15, 0.2) is 0 Å². The third-order valence-electron chi connectivity index (χ3n) is 5.56. The van der Waals surface area contributed by atoms with Crippen LogP contribution in [0.15, 0.2) is 12.1 Å². The lowest BCUT2D eigenvalue weighted by atomic mass is 9.89. The summed E-state index contributed by atoms with van der Waals surface area (Å²) in [5.74, 6) is 0.687. The second kappa shape index (κ2) is 15.4. The van der Waals surface area contributed by atoms with E-state index in [-0.39, 0.29) is 0 Å². The van der Waals surface area contributed by atoms with Crippen LogP contribution < -0.4 is 10.5 Å². The Morgan fingerprint density at radius 1 is 0.714 bits per heavy atom. The van der Waals surface area contributed by atoms with Crippen LogP contribution >= 0.6 is 0 Å². The van der Waals surface area contributed by atoms with E-state index in [9.17, 15) is 4.79 Å². The van der Waals surface area contributed by atoms with Gasteiger partial charge in [0, 0.05) is 0 Å². The first-order valence-corrected chi connectivity index (χ1v) is 11.7. The second-order valence-electron chi connectivity index (χ2n) is 8.03. The van der Waals surface area contributed by atoms with Crippen LogP contribution in [0.2, 0.25) is 0 Å². The molecular weight excluding hydrogens is 346 g/mol. The molecule has 0 saturated carbocycles. The minimum Gasteiger partial charge on any atom is -0.410 e. The minimum atomic E-state index is -0.706. The Kier molecular flexibility index (Phi) is 13.5. The van der Waals surface area contributed by atoms with E-state index < -0.39 is 6.09 Å². The van der Waals surface area contributed by atoms with Gasteiger partial charge in [0.2, 0.25) is 0 Å². The van der Waals surface area contributed by atoms with Crippen molar-refractivity contribution in [2.75, 3.05) is 0 Å². The SMILES string of the molecule is CCCCCCc1ccc(OC(N)=O)c(CCCCCC)c1CCCCCC. The molecule has 160 valence electrons. The summed E-state index contributed by atoms with van der Waals surface area (Å²) in [6.45, 7) is 6.74. The van der Waals surface area contributed by atoms with E-state index in [1.165, 1.54) is 87.3 Å². The normalized spacial score (nSPS) is 11.0. The molecule has 0 aliphatic carbocycles. The summed E-state index contributed by atoms with van der Waals surface area (Å²) < 4.78 is 5.41. The van der Waals surface area contributed by atoms with Crippen molar-refractivity contribution in [1.29, 1.82) is 0 Å². The average molecular weight is 390 g/mol. The Balaban J connectivity index is 3.04. The lowest BCUT2D eigenvalue weighted by Crippen LogP contribution is -2.18. The molecule has 0 radical (unpaired) electrons. The van der Waals surface area contributed by atoms with Crippen LogP contribution in [0.5, 0.6) is 5.75 Å². The van der Waals surface area contributed by atoms with Crippen LogP contribution in [0, 0.1) is 0 Å². The lowest BCUT2D eigenvalue weighted by Gasteiger charge is -2.19. The number of primary amides is 1. The van der Waals surface area contributed by atoms with Crippen LogP contribution in [0.25, 0.3) is 0 Å². The maximum atomic E-state index is 11.4. The molecule has 1 aromatic rings. The Bertz CT molecular complexity index is 554. The average Bonchev–Trinajstić information content (AvgIpc) is 2.67. The van der Waals surface area contributed by atoms with Crippen LogP contribution in [0.4, 0.5) is 4.79 Å². The molecule has 1 rings (SSSR count). The van der Waals surface area contributed by atoms with E-state index in [1.54, 1.807) is 0 Å². The van der Waals surface area contributed by atoms with E-state index in [4.69, 9.17) is 10.5 Å². The number of unbranched alkanes of at least 4 members (excludes halogenated alkanes) is 9. The van der Waals surface area contributed by atoms with Gasteiger partial charge in [0.1, 0.15) is 5.75 Å². The molecule has 1 amide bonds. The van der Waals surface area contributed by atoms with Gasteiger partial charge in [-0.25, -0.2) is 4.79 Å². The van der Waals surface area contributed by atoms with Crippen LogP contribution in [-0.2, 0) is 19.3 Å². The van der Waals surface area contributed by atoms with Crippen molar-refractivity contribution in [3.63, 3.8) is 0 Å². The van der Waals surface area contributed by atoms with Gasteiger partial charge in [0.05, 0.1) is 0 Å². The Morgan fingerprint density at radius 2 is 1.21 bits per heavy atom. The summed E-state index contributed by atoms with van der Waals surface area (Å²) in [6.07, 6.45) is 17.4. The number of nitrogens with two attached hydrogens (primary N) is 1. The Hall–Kier alpha value is -1.51. The molecule has 1 aromatic carbocycles. The van der Waals surface area contributed by atoms with Gasteiger partial charge in [-0.2, -0.15) is 0 Å². The van der Waals surface area contributed by atoms with Crippen molar-refractivity contribution in [1.82, 2.24) is 0 Å². The number of hydrogen-bond acceptors (Lipinski definition) is 2. The molecule has 0 aromatic heterocycles. The highest BCUT2D eigenvalue weighted by atomic mass is 16.5. The molecule has 0 spiro atoms. The molecule has 2 N–H and O–H groups in total. The number of ether oxygens (including phenoxy) is 1. The van der Waals surface area contributed by atoms with Crippen molar-refractivity contribution in [3.05, 3.63) is 28.8 Å². The fourth-order valence-electron chi connectivity index (χ4n) is 3.94. The van der Waals surface area contributed by atoms with E-state index in [1.807, 2.05) is 6.07 Å². The summed E-state index contributed by atoms with van der Waals surface area (Å²) in [4.78, 5) is 11.4. The fraction of sp³-hybridized carbons (Fsp3) is 0.720. The van der Waals surface area contributed by atoms with Crippen LogP contribution in [0.1, 0.15) is 115 Å². The van der Waals surface area contributed by atoms with Crippen molar-refractivity contribution in [2.45, 2.75) is 117 Å². The zero-order valence-corrected chi connectivity index (χ0v) is 18.7. The van der Waals surface area contributed by atoms with Gasteiger partial charge in [-0.15, -0.1) is 0 Å². The maximum absolute atomic E-state index is 11.4. The summed E-state index contributed by atoms with van der Waals surface area (Å²) in [5, 5.41) is 0. The Morgan fingerprint density at radius 3 is 1.71 bits per heavy atom. The number of amides is 1. The van der Waals surface area contributed by atoms with Gasteiger partial charge < -0.3 is 10.5 Å². The highest BCUT2D eigenvalue weighted by molar-refractivity contribution is 5.69. The first-order chi connectivity index (χ1) is 13.6. The first-order valence-electron chi connectivity index (χ1n) is 11.7. The molecule has 3 nitrogen and oxygen atoms in total. The molecule has 0 aliphatic rings. The predicted octanol–water partition coefficient (Wildman–Crippen LogP) is 7.51. The maximum Gasteiger partial charge on any atom is 0.409 e. The van der Waals surface area contributed by atoms with Gasteiger partial charge in [-0.1, -0.05) is 84.6 Å². The third kappa shape index (κ3) is 9.61. The van der Waals surface area contributed by atoms with Crippen molar-refractivity contribution >= 4 is 6.09 Å². The quantitative estimate of drug-likeness (QED) is 0.297. The van der Waals surface area contributed by atoms with Crippen LogP contribution in [0.3, 0.4) is 0 Å². The van der Waals surface area contributed by atoms with E-state index in [2.05, 4.69) is 26.8 Å². The summed E-state index contributed by atoms with van der Waals surface area (Å²) in [6, 6.07) is 4.15. The van der Waals surface area contributed by atoms with Crippen molar-refractivity contribution in [2.24, 2.45) is 5.73 Å². The van der Waals surface area contributed by atoms with Gasteiger partial charge >= 0.3 is 6.09 Å². The summed E-state index contributed by atoms with van der Waals surface area (Å²) in [5.41, 5.74) is 9.47. The summed E-state index contributed by atoms with van der Waals surface area (Å²) in [7, 11) is 0. The molecule has 0 bridgehead atoms. The third-order valence-corrected chi connectivity index (χ3v) is 5.56. The highest BCUT2D eigenvalue weighted by Crippen LogP contribution is 2.31. The second-order valence-corrected chi connectivity index (χ2v) is 8.03. The standard InChI is InChI=1S/C25H43NO2/c1-4-7-10-13-16-21-19-20-24(28-25(26)27)23(18-15-12-9-6-3)22(21)17-14-11-8-5-2/h19-20H,4-18H2,1-3H3,(H2,26,27). The molecule has 0 fully saturated rings. The Labute approximate surface area is 173 Å². The molecule has 3 heteroatoms. The van der Waals surface area contributed by atoms with E-state index in [0.29, 0.717) is 5.75 Å². The smallest absolute Gasteiger partial charge is 0.409 e. The zero-order valence-electron chi connectivity index (χ0n) is 18.7. The lowest BCUT2D eigenvalue weighted by molar-refractivity contribution is 0.210. The van der Waals surface area contributed by atoms with Crippen molar-refractivity contribution < 1.29 is 9.53 Å². The molecular formula is C25H43NO2. The van der Waals surface area contributed by atoms with Crippen LogP contribution in [-0.4, -0.2) is 6.09 Å². The van der Waals surface area contributed by atoms with Gasteiger partial charge in [-0.3, -0.25) is 0 Å². The number of rotatable bonds is 16. The fourth-order valence-corrected chi connectivity index (χ4v) is 3.94. The molecule has 0 unspecified atom stereocenters. The monoisotopic (exact) mass is 389 g/mol. The predicted molar refractivity (Wildman–Crippen MR) is 120 cm³/mol. The number of carbonyl (C=O) groups excluding carboxylic acids is 1. The minimum absolute atomic E-state index is 0.687. The van der Waals surface area contributed by atoms with Gasteiger partial charge in [-0.05, 0) is 61.3 Å². The first kappa shape index (κ1) is 24.5. The van der Waals surface area contributed by atoms with E-state index >= 15 is 0 Å². The topological polar surface area (TPSA) is 52.3 Å². The number of aryl methyl sites for hydroxylation is 1. The van der Waals surface area contributed by atoms with Crippen molar-refractivity contribution in [3.8, 4) is 5.75 Å². The number of benzene rings is 1. The van der Waals surface area contributed by atoms with E-state index in [0.717, 1.165) is 25.7 Å². The molecule has 0 atom stereocenters. The molecule has 0 saturated heterocycles. The summed E-state index contributed by atoms with van der Waals surface area (Å²) >= 11 is 0. The number of hydrogen-bond donors (Lipinski definition) is 1. The highest BCUT2D eigenvalue weighted by Gasteiger charge is 2.16. The van der Waals surface area contributed by atoms with Gasteiger partial charge in [0.25, 0.3) is 0 Å². The number of carbonyl (C=O) groups is 1. The molecule has 0 heterocycles.